The van der Waals surface area contributed by atoms with Crippen molar-refractivity contribution < 1.29 is 34.8 Å². The number of nitrogens with zero attached hydrogens (tertiary/aromatic N) is 1. The molecule has 0 saturated carbocycles. The van der Waals surface area contributed by atoms with Crippen LogP contribution in [-0.2, 0) is 27.2 Å². The highest BCUT2D eigenvalue weighted by molar-refractivity contribution is 7.92. The largest absolute Gasteiger partial charge is 0.418 e. The molecule has 0 aliphatic heterocycles. The first kappa shape index (κ1) is 34.2. The van der Waals surface area contributed by atoms with Crippen molar-refractivity contribution in [2.75, 3.05) is 5.75 Å². The first-order valence-electron chi connectivity index (χ1n) is 15.1. The van der Waals surface area contributed by atoms with Crippen molar-refractivity contribution in [1.29, 1.82) is 0 Å². The zero-order valence-electron chi connectivity index (χ0n) is 25.7. The molecule has 3 aromatic carbocycles. The minimum atomic E-state index is -4.96. The van der Waals surface area contributed by atoms with E-state index in [1.807, 2.05) is 13.8 Å². The summed E-state index contributed by atoms with van der Waals surface area (Å²) < 4.78 is 114. The van der Waals surface area contributed by atoms with Gasteiger partial charge in [-0.2, -0.15) is 26.3 Å². The van der Waals surface area contributed by atoms with Crippen LogP contribution >= 0.6 is 0 Å². The van der Waals surface area contributed by atoms with Gasteiger partial charge < -0.3 is 0 Å². The summed E-state index contributed by atoms with van der Waals surface area (Å²) in [6.45, 7) is 3.88. The number of alkyl halides is 6. The lowest BCUT2D eigenvalue weighted by atomic mass is 9.78. The Labute approximate surface area is 270 Å². The summed E-state index contributed by atoms with van der Waals surface area (Å²) in [5.74, 6) is -0.430. The second kappa shape index (κ2) is 13.1. The SMILES string of the molecule is CC(C)CC=CCS(=O)(=O)C1(c2c(Cc3ccccc3)cnc3c(C(F)(F)F)cccc23)C=C(C(F)(F)F)C=C(c2ccccc2)C1. The fraction of sp³-hybridized carbons (Fsp3) is 0.270. The molecule has 0 bridgehead atoms. The summed E-state index contributed by atoms with van der Waals surface area (Å²) in [4.78, 5) is 4.17. The van der Waals surface area contributed by atoms with Crippen molar-refractivity contribution in [3.05, 3.63) is 143 Å². The third-order valence-corrected chi connectivity index (χ3v) is 10.4. The van der Waals surface area contributed by atoms with E-state index in [2.05, 4.69) is 4.98 Å². The molecule has 246 valence electrons. The van der Waals surface area contributed by atoms with Crippen LogP contribution in [0.1, 0.15) is 54.5 Å². The first-order chi connectivity index (χ1) is 22.1. The minimum absolute atomic E-state index is 0.0232. The third-order valence-electron chi connectivity index (χ3n) is 8.23. The molecule has 4 aromatic rings. The summed E-state index contributed by atoms with van der Waals surface area (Å²) in [6.07, 6.45) is -3.81. The van der Waals surface area contributed by atoms with Gasteiger partial charge in [-0.25, -0.2) is 8.42 Å². The lowest BCUT2D eigenvalue weighted by Crippen LogP contribution is -2.40. The van der Waals surface area contributed by atoms with E-state index in [-0.39, 0.29) is 34.4 Å². The van der Waals surface area contributed by atoms with Gasteiger partial charge in [-0.3, -0.25) is 4.98 Å². The monoisotopic (exact) mass is 669 g/mol. The number of halogens is 6. The standard InChI is InChI=1S/C37H33F6NO2S/c1-25(2)12-9-10-19-47(45,46)35(22-28(27-15-7-4-8-16-27)21-30(23-35)36(38,39)40)33-29(20-26-13-5-3-6-14-26)24-44-34-31(33)17-11-18-32(34)37(41,42)43/h3-11,13-18,21,23-25H,12,19-20,22H2,1-2H3. The number of benzene rings is 3. The minimum Gasteiger partial charge on any atom is -0.255 e. The van der Waals surface area contributed by atoms with Crippen molar-refractivity contribution in [2.45, 2.75) is 50.2 Å². The maximum Gasteiger partial charge on any atom is 0.418 e. The van der Waals surface area contributed by atoms with Gasteiger partial charge in [0, 0.05) is 18.0 Å². The zero-order valence-corrected chi connectivity index (χ0v) is 26.6. The summed E-state index contributed by atoms with van der Waals surface area (Å²) in [5, 5.41) is -0.171. The molecular formula is C37H33F6NO2S. The smallest absolute Gasteiger partial charge is 0.255 e. The molecule has 1 heterocycles. The molecule has 1 aliphatic carbocycles. The second-order valence-corrected chi connectivity index (χ2v) is 14.4. The van der Waals surface area contributed by atoms with E-state index >= 15 is 0 Å². The van der Waals surface area contributed by atoms with Gasteiger partial charge in [-0.1, -0.05) is 98.8 Å². The van der Waals surface area contributed by atoms with Gasteiger partial charge in [-0.15, -0.1) is 0 Å². The number of para-hydroxylation sites is 1. The average molecular weight is 670 g/mol. The molecule has 0 N–H and O–H groups in total. The highest BCUT2D eigenvalue weighted by atomic mass is 32.2. The van der Waals surface area contributed by atoms with Crippen molar-refractivity contribution in [3.63, 3.8) is 0 Å². The van der Waals surface area contributed by atoms with Gasteiger partial charge in [0.05, 0.1) is 22.4 Å². The van der Waals surface area contributed by atoms with E-state index in [1.165, 1.54) is 18.3 Å². The highest BCUT2D eigenvalue weighted by Gasteiger charge is 2.51. The van der Waals surface area contributed by atoms with Crippen LogP contribution in [0.5, 0.6) is 0 Å². The Balaban J connectivity index is 1.91. The molecule has 0 amide bonds. The van der Waals surface area contributed by atoms with Crippen molar-refractivity contribution in [3.8, 4) is 0 Å². The number of aromatic nitrogens is 1. The molecule has 1 aliphatic rings. The van der Waals surface area contributed by atoms with E-state index in [0.717, 1.165) is 18.2 Å². The number of hydrogen-bond acceptors (Lipinski definition) is 3. The Morgan fingerprint density at radius 1 is 0.851 bits per heavy atom. The Bertz CT molecular complexity index is 1940. The number of allylic oxidation sites excluding steroid dienone is 4. The summed E-state index contributed by atoms with van der Waals surface area (Å²) in [7, 11) is -4.60. The fourth-order valence-corrected chi connectivity index (χ4v) is 7.96. The van der Waals surface area contributed by atoms with Crippen molar-refractivity contribution in [1.82, 2.24) is 4.98 Å². The first-order valence-corrected chi connectivity index (χ1v) is 16.7. The number of sulfone groups is 1. The predicted molar refractivity (Wildman–Crippen MR) is 173 cm³/mol. The number of rotatable bonds is 9. The van der Waals surface area contributed by atoms with E-state index in [4.69, 9.17) is 0 Å². The van der Waals surface area contributed by atoms with Crippen LogP contribution in [0.4, 0.5) is 26.3 Å². The third kappa shape index (κ3) is 7.22. The molecule has 0 fully saturated rings. The Hall–Kier alpha value is -4.18. The zero-order chi connectivity index (χ0) is 34.0. The Morgan fingerprint density at radius 2 is 1.51 bits per heavy atom. The summed E-state index contributed by atoms with van der Waals surface area (Å²) in [6, 6.07) is 20.2. The van der Waals surface area contributed by atoms with Gasteiger partial charge in [0.1, 0.15) is 4.75 Å². The van der Waals surface area contributed by atoms with Gasteiger partial charge in [0.15, 0.2) is 9.84 Å². The maximum atomic E-state index is 14.8. The number of pyridine rings is 1. The van der Waals surface area contributed by atoms with Gasteiger partial charge in [-0.05, 0) is 64.8 Å². The van der Waals surface area contributed by atoms with Gasteiger partial charge >= 0.3 is 12.4 Å². The van der Waals surface area contributed by atoms with Crippen LogP contribution in [0.2, 0.25) is 0 Å². The van der Waals surface area contributed by atoms with E-state index < -0.39 is 55.8 Å². The van der Waals surface area contributed by atoms with E-state index in [0.29, 0.717) is 23.6 Å². The normalized spacial score (nSPS) is 17.7. The van der Waals surface area contributed by atoms with E-state index in [1.54, 1.807) is 66.7 Å². The molecule has 0 saturated heterocycles. The summed E-state index contributed by atoms with van der Waals surface area (Å²) in [5.41, 5.74) is -1.62. The lowest BCUT2D eigenvalue weighted by Gasteiger charge is -2.38. The quantitative estimate of drug-likeness (QED) is 0.132. The van der Waals surface area contributed by atoms with Crippen LogP contribution in [-0.4, -0.2) is 25.3 Å². The molecule has 3 nitrogen and oxygen atoms in total. The van der Waals surface area contributed by atoms with Crippen LogP contribution in [0.3, 0.4) is 0 Å². The Morgan fingerprint density at radius 3 is 2.13 bits per heavy atom. The molecule has 0 radical (unpaired) electrons. The van der Waals surface area contributed by atoms with Crippen LogP contribution in [0.15, 0.2) is 115 Å². The predicted octanol–water partition coefficient (Wildman–Crippen LogP) is 10.0. The number of hydrogen-bond donors (Lipinski definition) is 0. The van der Waals surface area contributed by atoms with Crippen LogP contribution < -0.4 is 0 Å². The van der Waals surface area contributed by atoms with E-state index in [9.17, 15) is 34.8 Å². The van der Waals surface area contributed by atoms with Crippen molar-refractivity contribution >= 4 is 26.3 Å². The van der Waals surface area contributed by atoms with Crippen LogP contribution in [0, 0.1) is 5.92 Å². The highest BCUT2D eigenvalue weighted by Crippen LogP contribution is 2.51. The van der Waals surface area contributed by atoms with Crippen LogP contribution in [0.25, 0.3) is 16.5 Å². The molecular weight excluding hydrogens is 636 g/mol. The molecule has 10 heteroatoms. The van der Waals surface area contributed by atoms with Gasteiger partial charge in [0.25, 0.3) is 0 Å². The molecule has 47 heavy (non-hydrogen) atoms. The molecule has 1 aromatic heterocycles. The van der Waals surface area contributed by atoms with Gasteiger partial charge in [0.2, 0.25) is 0 Å². The molecule has 1 unspecified atom stereocenters. The summed E-state index contributed by atoms with van der Waals surface area (Å²) >= 11 is 0. The maximum absolute atomic E-state index is 14.8. The fourth-order valence-electron chi connectivity index (χ4n) is 6.04. The second-order valence-electron chi connectivity index (χ2n) is 12.1. The molecule has 0 spiro atoms. The molecule has 5 rings (SSSR count). The Kier molecular flexibility index (Phi) is 9.55. The topological polar surface area (TPSA) is 47.0 Å². The average Bonchev–Trinajstić information content (AvgIpc) is 3.02. The number of fused-ring (bicyclic) bond motifs is 1. The van der Waals surface area contributed by atoms with Crippen molar-refractivity contribution in [2.24, 2.45) is 5.92 Å². The lowest BCUT2D eigenvalue weighted by molar-refractivity contribution is -0.136. The molecule has 1 atom stereocenters.